The molecule has 5 nitrogen and oxygen atoms in total. The van der Waals surface area contributed by atoms with Crippen LogP contribution in [0.3, 0.4) is 0 Å². The second-order valence-corrected chi connectivity index (χ2v) is 6.61. The molecule has 6 heteroatoms. The standard InChI is InChI=1S/C16H20N4OS/c1-11(12-6-4-3-5-7-12)17-14(21)10-22-16-19-18-15(20(16)2)13-8-9-13/h3-7,11,13H,8-10H2,1-2H3,(H,17,21)/t11-/m0/s1. The van der Waals surface area contributed by atoms with Crippen LogP contribution in [0.25, 0.3) is 0 Å². The number of rotatable bonds is 6. The highest BCUT2D eigenvalue weighted by atomic mass is 32.2. The third-order valence-electron chi connectivity index (χ3n) is 3.82. The zero-order chi connectivity index (χ0) is 15.5. The first-order valence-corrected chi connectivity index (χ1v) is 8.50. The van der Waals surface area contributed by atoms with Gasteiger partial charge in [-0.1, -0.05) is 42.1 Å². The Morgan fingerprint density at radius 1 is 1.36 bits per heavy atom. The van der Waals surface area contributed by atoms with Gasteiger partial charge in [-0.25, -0.2) is 0 Å². The predicted octanol–water partition coefficient (Wildman–Crippen LogP) is 2.66. The van der Waals surface area contributed by atoms with Crippen molar-refractivity contribution in [1.29, 1.82) is 0 Å². The lowest BCUT2D eigenvalue weighted by molar-refractivity contribution is -0.119. The molecule has 2 aromatic rings. The van der Waals surface area contributed by atoms with E-state index in [1.807, 2.05) is 48.9 Å². The molecule has 1 aliphatic carbocycles. The first-order valence-electron chi connectivity index (χ1n) is 7.51. The lowest BCUT2D eigenvalue weighted by Gasteiger charge is -2.13. The highest BCUT2D eigenvalue weighted by molar-refractivity contribution is 7.99. The summed E-state index contributed by atoms with van der Waals surface area (Å²) >= 11 is 1.44. The molecule has 1 aromatic heterocycles. The number of aromatic nitrogens is 3. The van der Waals surface area contributed by atoms with Crippen LogP contribution in [0.5, 0.6) is 0 Å². The summed E-state index contributed by atoms with van der Waals surface area (Å²) in [5.41, 5.74) is 1.11. The van der Waals surface area contributed by atoms with Crippen LogP contribution in [0, 0.1) is 0 Å². The van der Waals surface area contributed by atoms with E-state index in [0.29, 0.717) is 11.7 Å². The number of thioether (sulfide) groups is 1. The second-order valence-electron chi connectivity index (χ2n) is 5.66. The van der Waals surface area contributed by atoms with Crippen LogP contribution in [-0.2, 0) is 11.8 Å². The maximum absolute atomic E-state index is 12.1. The zero-order valence-corrected chi connectivity index (χ0v) is 13.6. The van der Waals surface area contributed by atoms with Crippen LogP contribution in [-0.4, -0.2) is 26.4 Å². The van der Waals surface area contributed by atoms with Gasteiger partial charge in [-0.2, -0.15) is 0 Å². The van der Waals surface area contributed by atoms with Crippen molar-refractivity contribution in [2.24, 2.45) is 7.05 Å². The SMILES string of the molecule is C[C@H](NC(=O)CSc1nnc(C2CC2)n1C)c1ccccc1. The third kappa shape index (κ3) is 3.50. The Balaban J connectivity index is 1.52. The molecule has 0 bridgehead atoms. The van der Waals surface area contributed by atoms with E-state index in [1.165, 1.54) is 24.6 Å². The van der Waals surface area contributed by atoms with Gasteiger partial charge in [-0.15, -0.1) is 10.2 Å². The minimum Gasteiger partial charge on any atom is -0.349 e. The molecule has 0 aliphatic heterocycles. The molecule has 22 heavy (non-hydrogen) atoms. The molecule has 1 saturated carbocycles. The van der Waals surface area contributed by atoms with E-state index in [2.05, 4.69) is 15.5 Å². The maximum Gasteiger partial charge on any atom is 0.230 e. The Morgan fingerprint density at radius 2 is 2.09 bits per heavy atom. The molecule has 1 aliphatic rings. The Bertz CT molecular complexity index is 651. The molecule has 1 fully saturated rings. The lowest BCUT2D eigenvalue weighted by Crippen LogP contribution is -2.28. The molecule has 0 saturated heterocycles. The van der Waals surface area contributed by atoms with Crippen LogP contribution in [0.2, 0.25) is 0 Å². The van der Waals surface area contributed by atoms with Gasteiger partial charge in [-0.3, -0.25) is 4.79 Å². The van der Waals surface area contributed by atoms with Gasteiger partial charge in [0.25, 0.3) is 0 Å². The first-order chi connectivity index (χ1) is 10.6. The topological polar surface area (TPSA) is 59.8 Å². The Kier molecular flexibility index (Phi) is 4.47. The summed E-state index contributed by atoms with van der Waals surface area (Å²) in [5, 5.41) is 12.2. The highest BCUT2D eigenvalue weighted by Crippen LogP contribution is 2.39. The number of nitrogens with one attached hydrogen (secondary N) is 1. The van der Waals surface area contributed by atoms with Crippen LogP contribution >= 0.6 is 11.8 Å². The summed E-state index contributed by atoms with van der Waals surface area (Å²) in [6.45, 7) is 1.99. The maximum atomic E-state index is 12.1. The average molecular weight is 316 g/mol. The van der Waals surface area contributed by atoms with E-state index in [-0.39, 0.29) is 11.9 Å². The van der Waals surface area contributed by atoms with E-state index in [1.54, 1.807) is 0 Å². The van der Waals surface area contributed by atoms with Gasteiger partial charge in [0.2, 0.25) is 5.91 Å². The molecule has 1 amide bonds. The number of hydrogen-bond donors (Lipinski definition) is 1. The quantitative estimate of drug-likeness (QED) is 0.832. The summed E-state index contributed by atoms with van der Waals surface area (Å²) < 4.78 is 2.01. The van der Waals surface area contributed by atoms with Crippen molar-refractivity contribution < 1.29 is 4.79 Å². The molecular weight excluding hydrogens is 296 g/mol. The summed E-state index contributed by atoms with van der Waals surface area (Å²) in [5.74, 6) is 1.98. The smallest absolute Gasteiger partial charge is 0.230 e. The second kappa shape index (κ2) is 6.52. The van der Waals surface area contributed by atoms with Crippen molar-refractivity contribution in [3.8, 4) is 0 Å². The lowest BCUT2D eigenvalue weighted by atomic mass is 10.1. The van der Waals surface area contributed by atoms with Gasteiger partial charge in [0, 0.05) is 13.0 Å². The molecule has 0 spiro atoms. The van der Waals surface area contributed by atoms with Crippen LogP contribution in [0.1, 0.15) is 43.1 Å². The molecular formula is C16H20N4OS. The zero-order valence-electron chi connectivity index (χ0n) is 12.8. The van der Waals surface area contributed by atoms with Crippen molar-refractivity contribution in [3.63, 3.8) is 0 Å². The fourth-order valence-electron chi connectivity index (χ4n) is 2.39. The molecule has 1 heterocycles. The predicted molar refractivity (Wildman–Crippen MR) is 86.7 cm³/mol. The van der Waals surface area contributed by atoms with Crippen LogP contribution in [0.15, 0.2) is 35.5 Å². The fraction of sp³-hybridized carbons (Fsp3) is 0.438. The van der Waals surface area contributed by atoms with Crippen molar-refractivity contribution in [2.75, 3.05) is 5.75 Å². The van der Waals surface area contributed by atoms with Crippen molar-refractivity contribution in [2.45, 2.75) is 36.9 Å². The third-order valence-corrected chi connectivity index (χ3v) is 4.84. The average Bonchev–Trinajstić information content (AvgIpc) is 3.30. The normalized spacial score (nSPS) is 15.5. The molecule has 1 aromatic carbocycles. The molecule has 0 unspecified atom stereocenters. The van der Waals surface area contributed by atoms with Gasteiger partial charge in [0.05, 0.1) is 11.8 Å². The number of carbonyl (C=O) groups excluding carboxylic acids is 1. The minimum absolute atomic E-state index is 0.0100. The number of amides is 1. The van der Waals surface area contributed by atoms with Gasteiger partial charge in [0.15, 0.2) is 5.16 Å². The van der Waals surface area contributed by atoms with E-state index >= 15 is 0 Å². The Labute approximate surface area is 134 Å². The van der Waals surface area contributed by atoms with Gasteiger partial charge in [0.1, 0.15) is 5.82 Å². The van der Waals surface area contributed by atoms with E-state index in [0.717, 1.165) is 16.5 Å². The van der Waals surface area contributed by atoms with Crippen molar-refractivity contribution in [3.05, 3.63) is 41.7 Å². The highest BCUT2D eigenvalue weighted by Gasteiger charge is 2.29. The molecule has 3 rings (SSSR count). The monoisotopic (exact) mass is 316 g/mol. The Hall–Kier alpha value is -1.82. The van der Waals surface area contributed by atoms with E-state index in [4.69, 9.17) is 0 Å². The van der Waals surface area contributed by atoms with Crippen LogP contribution in [0.4, 0.5) is 0 Å². The summed E-state index contributed by atoms with van der Waals surface area (Å²) in [6.07, 6.45) is 2.40. The number of hydrogen-bond acceptors (Lipinski definition) is 4. The largest absolute Gasteiger partial charge is 0.349 e. The summed E-state index contributed by atoms with van der Waals surface area (Å²) in [4.78, 5) is 12.1. The van der Waals surface area contributed by atoms with Crippen molar-refractivity contribution in [1.82, 2.24) is 20.1 Å². The van der Waals surface area contributed by atoms with Gasteiger partial charge in [-0.05, 0) is 25.3 Å². The number of benzene rings is 1. The molecule has 1 atom stereocenters. The van der Waals surface area contributed by atoms with Crippen LogP contribution < -0.4 is 5.32 Å². The molecule has 0 radical (unpaired) electrons. The summed E-state index contributed by atoms with van der Waals surface area (Å²) in [7, 11) is 1.97. The van der Waals surface area contributed by atoms with Crippen molar-refractivity contribution >= 4 is 17.7 Å². The van der Waals surface area contributed by atoms with Gasteiger partial charge >= 0.3 is 0 Å². The van der Waals surface area contributed by atoms with E-state index < -0.39 is 0 Å². The minimum atomic E-state index is 0.0100. The van der Waals surface area contributed by atoms with Gasteiger partial charge < -0.3 is 9.88 Å². The van der Waals surface area contributed by atoms with E-state index in [9.17, 15) is 4.79 Å². The molecule has 116 valence electrons. The number of carbonyl (C=O) groups is 1. The summed E-state index contributed by atoms with van der Waals surface area (Å²) in [6, 6.07) is 9.97. The first kappa shape index (κ1) is 15.1. The number of nitrogens with zero attached hydrogens (tertiary/aromatic N) is 3. The Morgan fingerprint density at radius 3 is 2.77 bits per heavy atom. The molecule has 1 N–H and O–H groups in total. The fourth-order valence-corrected chi connectivity index (χ4v) is 3.12.